The van der Waals surface area contributed by atoms with Crippen LogP contribution >= 0.6 is 0 Å². The number of rotatable bonds is 6. The molecule has 1 unspecified atom stereocenters. The summed E-state index contributed by atoms with van der Waals surface area (Å²) >= 11 is 0. The van der Waals surface area contributed by atoms with Gasteiger partial charge in [-0.15, -0.1) is 0 Å². The molecule has 186 valence electrons. The molecule has 2 N–H and O–H groups in total. The summed E-state index contributed by atoms with van der Waals surface area (Å²) in [5.41, 5.74) is 2.52. The minimum absolute atomic E-state index is 0.176. The minimum Gasteiger partial charge on any atom is -0.442 e. The fourth-order valence-electron chi connectivity index (χ4n) is 4.56. The van der Waals surface area contributed by atoms with Crippen molar-refractivity contribution < 1.29 is 22.7 Å². The van der Waals surface area contributed by atoms with Crippen LogP contribution in [0, 0.1) is 0 Å². The second-order valence-corrected chi connectivity index (χ2v) is 11.0. The van der Waals surface area contributed by atoms with Crippen LogP contribution in [-0.4, -0.2) is 51.5 Å². The average Bonchev–Trinajstić information content (AvgIpc) is 3.27. The summed E-state index contributed by atoms with van der Waals surface area (Å²) in [6.07, 6.45) is 1.60. The number of nitrogens with zero attached hydrogens (tertiary/aromatic N) is 1. The van der Waals surface area contributed by atoms with Crippen LogP contribution in [0.3, 0.4) is 0 Å². The molecule has 1 fully saturated rings. The molecule has 0 spiro atoms. The van der Waals surface area contributed by atoms with Gasteiger partial charge in [-0.2, -0.15) is 0 Å². The number of amides is 2. The quantitative estimate of drug-likeness (QED) is 0.532. The molecule has 3 aromatic rings. The van der Waals surface area contributed by atoms with E-state index in [0.29, 0.717) is 25.2 Å². The first-order valence-electron chi connectivity index (χ1n) is 11.8. The molecule has 2 heterocycles. The Hall–Kier alpha value is -3.69. The first-order valence-corrected chi connectivity index (χ1v) is 13.4. The number of ether oxygens (including phenoxy) is 1. The van der Waals surface area contributed by atoms with E-state index in [4.69, 9.17) is 4.74 Å². The maximum absolute atomic E-state index is 13.4. The Morgan fingerprint density at radius 2 is 1.83 bits per heavy atom. The molecule has 0 bridgehead atoms. The minimum atomic E-state index is -3.63. The highest BCUT2D eigenvalue weighted by molar-refractivity contribution is 7.92. The van der Waals surface area contributed by atoms with Crippen LogP contribution in [0.25, 0.3) is 16.3 Å². The molecule has 0 radical (unpaired) electrons. The van der Waals surface area contributed by atoms with Gasteiger partial charge in [0.05, 0.1) is 18.0 Å². The molecule has 2 amide bonds. The Labute approximate surface area is 209 Å². The largest absolute Gasteiger partial charge is 0.442 e. The SMILES string of the molecule is CC(=O)NC[C@H]1CN(c2ccc(C3=CC(S(=O)(=O)c4ccc5ccccc5c4)NCC3)cc2)C(=O)O1. The molecule has 2 atom stereocenters. The van der Waals surface area contributed by atoms with E-state index in [-0.39, 0.29) is 17.3 Å². The molecule has 0 aliphatic carbocycles. The number of nitrogens with one attached hydrogen (secondary N) is 2. The van der Waals surface area contributed by atoms with Crippen molar-refractivity contribution >= 4 is 43.9 Å². The zero-order valence-corrected chi connectivity index (χ0v) is 20.6. The van der Waals surface area contributed by atoms with Crippen LogP contribution in [0.15, 0.2) is 77.7 Å². The van der Waals surface area contributed by atoms with Gasteiger partial charge in [-0.25, -0.2) is 13.2 Å². The fraction of sp³-hybridized carbons (Fsp3) is 0.259. The van der Waals surface area contributed by atoms with Crippen LogP contribution in [0.5, 0.6) is 0 Å². The van der Waals surface area contributed by atoms with Gasteiger partial charge in [0.25, 0.3) is 0 Å². The lowest BCUT2D eigenvalue weighted by atomic mass is 10.00. The van der Waals surface area contributed by atoms with E-state index >= 15 is 0 Å². The molecule has 0 saturated carbocycles. The summed E-state index contributed by atoms with van der Waals surface area (Å²) in [7, 11) is -3.63. The molecule has 3 aromatic carbocycles. The van der Waals surface area contributed by atoms with Crippen molar-refractivity contribution in [3.8, 4) is 0 Å². The van der Waals surface area contributed by atoms with E-state index in [1.54, 1.807) is 18.2 Å². The van der Waals surface area contributed by atoms with Crippen molar-refractivity contribution in [1.82, 2.24) is 10.6 Å². The lowest BCUT2D eigenvalue weighted by Gasteiger charge is -2.24. The fourth-order valence-corrected chi connectivity index (χ4v) is 6.08. The number of carbonyl (C=O) groups is 2. The second-order valence-electron chi connectivity index (χ2n) is 8.97. The Kier molecular flexibility index (Phi) is 6.51. The lowest BCUT2D eigenvalue weighted by Crippen LogP contribution is -2.38. The van der Waals surface area contributed by atoms with Gasteiger partial charge in [0.15, 0.2) is 9.84 Å². The second kappa shape index (κ2) is 9.75. The van der Waals surface area contributed by atoms with Gasteiger partial charge in [-0.05, 0) is 58.7 Å². The van der Waals surface area contributed by atoms with Gasteiger partial charge in [-0.1, -0.05) is 42.5 Å². The van der Waals surface area contributed by atoms with Crippen molar-refractivity contribution in [3.05, 3.63) is 78.4 Å². The summed E-state index contributed by atoms with van der Waals surface area (Å²) in [6, 6.07) is 20.3. The van der Waals surface area contributed by atoms with E-state index in [1.807, 2.05) is 54.6 Å². The molecule has 2 aliphatic heterocycles. The third kappa shape index (κ3) is 4.84. The van der Waals surface area contributed by atoms with E-state index in [9.17, 15) is 18.0 Å². The van der Waals surface area contributed by atoms with E-state index in [2.05, 4.69) is 10.6 Å². The smallest absolute Gasteiger partial charge is 0.414 e. The standard InChI is InChI=1S/C27H27N3O5S/c1-18(31)29-16-24-17-30(27(32)35-24)23-9-6-20(7-10-23)22-12-13-28-26(15-22)36(33,34)25-11-8-19-4-2-3-5-21(19)14-25/h2-11,14-15,24,26,28H,12-13,16-17H2,1H3,(H,29,31)/t24-,26?/m0/s1. The monoisotopic (exact) mass is 505 g/mol. The van der Waals surface area contributed by atoms with Crippen LogP contribution in [0.1, 0.15) is 18.9 Å². The van der Waals surface area contributed by atoms with Gasteiger partial charge < -0.3 is 10.1 Å². The maximum Gasteiger partial charge on any atom is 0.414 e. The molecular weight excluding hydrogens is 478 g/mol. The highest BCUT2D eigenvalue weighted by Gasteiger charge is 2.33. The number of carbonyl (C=O) groups excluding carboxylic acids is 2. The molecule has 8 nitrogen and oxygen atoms in total. The lowest BCUT2D eigenvalue weighted by molar-refractivity contribution is -0.119. The topological polar surface area (TPSA) is 105 Å². The normalized spacial score (nSPS) is 20.2. The summed E-state index contributed by atoms with van der Waals surface area (Å²) in [5, 5.41) is 6.84. The number of anilines is 1. The number of benzene rings is 3. The molecule has 36 heavy (non-hydrogen) atoms. The van der Waals surface area contributed by atoms with Gasteiger partial charge in [0.1, 0.15) is 11.5 Å². The van der Waals surface area contributed by atoms with E-state index in [1.165, 1.54) is 11.8 Å². The third-order valence-corrected chi connectivity index (χ3v) is 8.36. The predicted octanol–water partition coefficient (Wildman–Crippen LogP) is 3.48. The van der Waals surface area contributed by atoms with Gasteiger partial charge in [-0.3, -0.25) is 15.0 Å². The van der Waals surface area contributed by atoms with Crippen LogP contribution in [-0.2, 0) is 19.4 Å². The van der Waals surface area contributed by atoms with Crippen molar-refractivity contribution in [2.24, 2.45) is 0 Å². The maximum atomic E-state index is 13.4. The molecule has 9 heteroatoms. The Morgan fingerprint density at radius 1 is 1.08 bits per heavy atom. The van der Waals surface area contributed by atoms with Crippen molar-refractivity contribution in [2.45, 2.75) is 29.7 Å². The van der Waals surface area contributed by atoms with Crippen LogP contribution in [0.4, 0.5) is 10.5 Å². The number of fused-ring (bicyclic) bond motifs is 1. The number of cyclic esters (lactones) is 1. The van der Waals surface area contributed by atoms with Crippen LogP contribution < -0.4 is 15.5 Å². The van der Waals surface area contributed by atoms with Gasteiger partial charge in [0, 0.05) is 19.2 Å². The summed E-state index contributed by atoms with van der Waals surface area (Å²) in [4.78, 5) is 25.2. The number of hydrogen-bond donors (Lipinski definition) is 2. The molecule has 5 rings (SSSR count). The van der Waals surface area contributed by atoms with Crippen molar-refractivity contribution in [1.29, 1.82) is 0 Å². The third-order valence-electron chi connectivity index (χ3n) is 6.48. The van der Waals surface area contributed by atoms with E-state index < -0.39 is 27.4 Å². The number of sulfone groups is 1. The van der Waals surface area contributed by atoms with Crippen molar-refractivity contribution in [3.63, 3.8) is 0 Å². The Bertz CT molecular complexity index is 1450. The summed E-state index contributed by atoms with van der Waals surface area (Å²) < 4.78 is 32.1. The van der Waals surface area contributed by atoms with Crippen molar-refractivity contribution in [2.75, 3.05) is 24.5 Å². The van der Waals surface area contributed by atoms with E-state index in [0.717, 1.165) is 21.9 Å². The molecule has 0 aromatic heterocycles. The highest BCUT2D eigenvalue weighted by atomic mass is 32.2. The summed E-state index contributed by atoms with van der Waals surface area (Å²) in [6.45, 7) is 2.56. The Morgan fingerprint density at radius 3 is 2.58 bits per heavy atom. The van der Waals surface area contributed by atoms with Gasteiger partial charge >= 0.3 is 6.09 Å². The first kappa shape index (κ1) is 24.0. The molecule has 1 saturated heterocycles. The highest BCUT2D eigenvalue weighted by Crippen LogP contribution is 2.29. The average molecular weight is 506 g/mol. The Balaban J connectivity index is 1.34. The zero-order valence-electron chi connectivity index (χ0n) is 19.8. The van der Waals surface area contributed by atoms with Gasteiger partial charge in [0.2, 0.25) is 5.91 Å². The predicted molar refractivity (Wildman–Crippen MR) is 138 cm³/mol. The first-order chi connectivity index (χ1) is 17.3. The van der Waals surface area contributed by atoms with Crippen LogP contribution in [0.2, 0.25) is 0 Å². The molecule has 2 aliphatic rings. The zero-order chi connectivity index (χ0) is 25.3. The number of hydrogen-bond acceptors (Lipinski definition) is 6. The molecular formula is C27H27N3O5S. The summed E-state index contributed by atoms with van der Waals surface area (Å²) in [5.74, 6) is -0.176.